The highest BCUT2D eigenvalue weighted by Crippen LogP contribution is 2.35. The molecule has 2 unspecified atom stereocenters. The van der Waals surface area contributed by atoms with Crippen molar-refractivity contribution in [2.24, 2.45) is 0 Å². The van der Waals surface area contributed by atoms with Crippen LogP contribution in [0.4, 0.5) is 8.78 Å². The smallest absolute Gasteiger partial charge is 0.275 e. The van der Waals surface area contributed by atoms with E-state index in [-0.39, 0.29) is 35.6 Å². The first-order valence-electron chi connectivity index (χ1n) is 10.1. The molecule has 8 nitrogen and oxygen atoms in total. The predicted octanol–water partition coefficient (Wildman–Crippen LogP) is 1.02. The fourth-order valence-electron chi connectivity index (χ4n) is 4.82. The molecule has 2 atom stereocenters. The van der Waals surface area contributed by atoms with Crippen LogP contribution in [0.5, 0.6) is 5.75 Å². The van der Waals surface area contributed by atoms with Crippen molar-refractivity contribution in [3.63, 3.8) is 0 Å². The molecule has 0 saturated carbocycles. The summed E-state index contributed by atoms with van der Waals surface area (Å²) in [5, 5.41) is 12.9. The highest BCUT2D eigenvalue weighted by Gasteiger charge is 2.48. The number of aromatic hydroxyl groups is 1. The summed E-state index contributed by atoms with van der Waals surface area (Å²) in [5.74, 6) is -3.58. The molecule has 2 saturated heterocycles. The zero-order chi connectivity index (χ0) is 21.9. The number of rotatable bonds is 3. The molecule has 2 aromatic rings. The molecule has 1 aromatic heterocycles. The maximum absolute atomic E-state index is 13.8. The van der Waals surface area contributed by atoms with Gasteiger partial charge in [0.25, 0.3) is 11.8 Å². The lowest BCUT2D eigenvalue weighted by atomic mass is 10.1. The summed E-state index contributed by atoms with van der Waals surface area (Å²) in [6, 6.07) is 3.23. The van der Waals surface area contributed by atoms with Crippen LogP contribution in [-0.4, -0.2) is 56.6 Å². The molecule has 0 radical (unpaired) electrons. The van der Waals surface area contributed by atoms with E-state index in [0.29, 0.717) is 19.2 Å². The first-order valence-corrected chi connectivity index (χ1v) is 10.1. The summed E-state index contributed by atoms with van der Waals surface area (Å²) in [5.41, 5.74) is -1.38. The van der Waals surface area contributed by atoms with Crippen molar-refractivity contribution in [3.05, 3.63) is 63.1 Å². The maximum Gasteiger partial charge on any atom is 0.275 e. The van der Waals surface area contributed by atoms with E-state index >= 15 is 0 Å². The van der Waals surface area contributed by atoms with Crippen molar-refractivity contribution < 1.29 is 23.5 Å². The summed E-state index contributed by atoms with van der Waals surface area (Å²) in [7, 11) is 0. The molecule has 0 aliphatic carbocycles. The van der Waals surface area contributed by atoms with E-state index in [1.807, 2.05) is 0 Å². The lowest BCUT2D eigenvalue weighted by Crippen LogP contribution is -2.50. The molecular formula is C21H20F2N4O4. The van der Waals surface area contributed by atoms with Crippen molar-refractivity contribution in [1.29, 1.82) is 0 Å². The molecule has 4 heterocycles. The second kappa shape index (κ2) is 7.16. The van der Waals surface area contributed by atoms with Crippen LogP contribution in [-0.2, 0) is 13.1 Å². The van der Waals surface area contributed by atoms with Crippen LogP contribution < -0.4 is 10.7 Å². The topological polar surface area (TPSA) is 94.9 Å². The van der Waals surface area contributed by atoms with Crippen LogP contribution >= 0.6 is 0 Å². The van der Waals surface area contributed by atoms with Crippen LogP contribution in [0, 0.1) is 11.6 Å². The van der Waals surface area contributed by atoms with Crippen molar-refractivity contribution >= 4 is 11.8 Å². The Bertz CT molecular complexity index is 1160. The Labute approximate surface area is 175 Å². The van der Waals surface area contributed by atoms with Crippen LogP contribution in [0.25, 0.3) is 0 Å². The van der Waals surface area contributed by atoms with E-state index in [1.165, 1.54) is 16.8 Å². The zero-order valence-electron chi connectivity index (χ0n) is 16.5. The van der Waals surface area contributed by atoms with Crippen LogP contribution in [0.1, 0.15) is 39.3 Å². The van der Waals surface area contributed by atoms with Gasteiger partial charge >= 0.3 is 0 Å². The average molecular weight is 430 g/mol. The molecule has 2 fully saturated rings. The molecular weight excluding hydrogens is 410 g/mol. The molecule has 10 heteroatoms. The van der Waals surface area contributed by atoms with Gasteiger partial charge in [-0.15, -0.1) is 0 Å². The number of nitrogens with one attached hydrogen (secondary N) is 1. The minimum absolute atomic E-state index is 0.0499. The Balaban J connectivity index is 1.43. The van der Waals surface area contributed by atoms with Crippen LogP contribution in [0.15, 0.2) is 29.2 Å². The van der Waals surface area contributed by atoms with E-state index in [1.54, 1.807) is 4.90 Å². The summed E-state index contributed by atoms with van der Waals surface area (Å²) in [4.78, 5) is 42.1. The minimum atomic E-state index is -0.963. The predicted molar refractivity (Wildman–Crippen MR) is 104 cm³/mol. The average Bonchev–Trinajstić information content (AvgIpc) is 3.32. The number of fused-ring (bicyclic) bond motifs is 4. The van der Waals surface area contributed by atoms with Crippen molar-refractivity contribution in [2.75, 3.05) is 13.1 Å². The Morgan fingerprint density at radius 1 is 1.23 bits per heavy atom. The highest BCUT2D eigenvalue weighted by atomic mass is 19.1. The molecule has 162 valence electrons. The van der Waals surface area contributed by atoms with Crippen LogP contribution in [0.3, 0.4) is 0 Å². The van der Waals surface area contributed by atoms with Gasteiger partial charge in [0.05, 0.1) is 6.54 Å². The van der Waals surface area contributed by atoms with Gasteiger partial charge in [-0.05, 0) is 18.9 Å². The largest absolute Gasteiger partial charge is 0.503 e. The molecule has 0 bridgehead atoms. The second-order valence-corrected chi connectivity index (χ2v) is 8.11. The molecule has 3 aliphatic rings. The summed E-state index contributed by atoms with van der Waals surface area (Å²) in [6.07, 6.45) is 3.14. The van der Waals surface area contributed by atoms with Gasteiger partial charge in [0.1, 0.15) is 23.4 Å². The monoisotopic (exact) mass is 430 g/mol. The Kier molecular flexibility index (Phi) is 4.54. The molecule has 2 N–H and O–H groups in total. The third kappa shape index (κ3) is 3.09. The summed E-state index contributed by atoms with van der Waals surface area (Å²) < 4.78 is 28.3. The highest BCUT2D eigenvalue weighted by molar-refractivity contribution is 5.99. The quantitative estimate of drug-likeness (QED) is 0.759. The number of carbonyl (C=O) groups excluding carboxylic acids is 2. The minimum Gasteiger partial charge on any atom is -0.503 e. The molecule has 3 aliphatic heterocycles. The van der Waals surface area contributed by atoms with Crippen molar-refractivity contribution in [1.82, 2.24) is 19.7 Å². The number of pyridine rings is 1. The molecule has 1 aromatic carbocycles. The maximum atomic E-state index is 13.8. The molecule has 31 heavy (non-hydrogen) atoms. The SMILES string of the molecule is O=C(NCc1ccc(F)cc1F)c1cn2c(c(O)c1=O)C(=O)N1CC3CCCN3C1C2. The number of halogens is 2. The third-order valence-corrected chi connectivity index (χ3v) is 6.35. The van der Waals surface area contributed by atoms with Crippen molar-refractivity contribution in [3.8, 4) is 5.75 Å². The number of benzene rings is 1. The lowest BCUT2D eigenvalue weighted by Gasteiger charge is -2.35. The molecule has 5 rings (SSSR count). The number of aromatic nitrogens is 1. The van der Waals surface area contributed by atoms with Gasteiger partial charge in [0.2, 0.25) is 5.43 Å². The number of amides is 2. The first-order chi connectivity index (χ1) is 14.8. The van der Waals surface area contributed by atoms with Gasteiger partial charge in [0, 0.05) is 43.5 Å². The van der Waals surface area contributed by atoms with Gasteiger partial charge in [-0.1, -0.05) is 6.07 Å². The van der Waals surface area contributed by atoms with Gasteiger partial charge < -0.3 is 19.9 Å². The second-order valence-electron chi connectivity index (χ2n) is 8.11. The fourth-order valence-corrected chi connectivity index (χ4v) is 4.82. The fraction of sp³-hybridized carbons (Fsp3) is 0.381. The standard InChI is InChI=1S/C21H20F2N4O4/c22-12-4-3-11(15(23)6-12)7-24-20(30)14-9-25-10-16-26-5-1-2-13(26)8-27(16)21(31)17(25)19(29)18(14)28/h3-4,6,9,13,16,29H,1-2,5,7-8,10H2,(H,24,30). The van der Waals surface area contributed by atoms with E-state index in [0.717, 1.165) is 25.5 Å². The summed E-state index contributed by atoms with van der Waals surface area (Å²) >= 11 is 0. The number of nitrogens with zero attached hydrogens (tertiary/aromatic N) is 3. The van der Waals surface area contributed by atoms with Gasteiger partial charge in [-0.3, -0.25) is 19.3 Å². The molecule has 0 spiro atoms. The number of hydrogen-bond donors (Lipinski definition) is 2. The number of carbonyl (C=O) groups is 2. The Morgan fingerprint density at radius 3 is 2.81 bits per heavy atom. The normalized spacial score (nSPS) is 22.3. The zero-order valence-corrected chi connectivity index (χ0v) is 16.5. The van der Waals surface area contributed by atoms with Gasteiger partial charge in [-0.2, -0.15) is 0 Å². The number of hydrogen-bond acceptors (Lipinski definition) is 5. The van der Waals surface area contributed by atoms with E-state index in [4.69, 9.17) is 0 Å². The van der Waals surface area contributed by atoms with E-state index < -0.39 is 34.6 Å². The lowest BCUT2D eigenvalue weighted by molar-refractivity contribution is 0.0513. The first kappa shape index (κ1) is 19.7. The van der Waals surface area contributed by atoms with Gasteiger partial charge in [-0.25, -0.2) is 8.78 Å². The Hall–Kier alpha value is -3.27. The van der Waals surface area contributed by atoms with E-state index in [2.05, 4.69) is 10.2 Å². The third-order valence-electron chi connectivity index (χ3n) is 6.35. The van der Waals surface area contributed by atoms with Crippen LogP contribution in [0.2, 0.25) is 0 Å². The van der Waals surface area contributed by atoms with Crippen molar-refractivity contribution in [2.45, 2.75) is 38.1 Å². The Morgan fingerprint density at radius 2 is 2.03 bits per heavy atom. The summed E-state index contributed by atoms with van der Waals surface area (Å²) in [6.45, 7) is 1.50. The molecule has 2 amide bonds. The van der Waals surface area contributed by atoms with Gasteiger partial charge in [0.15, 0.2) is 11.4 Å². The van der Waals surface area contributed by atoms with E-state index in [9.17, 15) is 28.3 Å².